The van der Waals surface area contributed by atoms with Gasteiger partial charge in [0.15, 0.2) is 0 Å². The van der Waals surface area contributed by atoms with Gasteiger partial charge in [0.25, 0.3) is 0 Å². The zero-order valence-electron chi connectivity index (χ0n) is 12.4. The summed E-state index contributed by atoms with van der Waals surface area (Å²) in [7, 11) is 0. The highest BCUT2D eigenvalue weighted by Crippen LogP contribution is 2.22. The van der Waals surface area contributed by atoms with Crippen molar-refractivity contribution in [3.8, 4) is 0 Å². The molecule has 0 aliphatic carbocycles. The number of rotatable bonds is 7. The second kappa shape index (κ2) is 6.71. The van der Waals surface area contributed by atoms with Crippen LogP contribution in [0, 0.1) is 5.92 Å². The van der Waals surface area contributed by atoms with E-state index in [2.05, 4.69) is 26.1 Å². The highest BCUT2D eigenvalue weighted by Gasteiger charge is 2.34. The van der Waals surface area contributed by atoms with Gasteiger partial charge in [0, 0.05) is 0 Å². The van der Waals surface area contributed by atoms with Crippen molar-refractivity contribution >= 4 is 5.97 Å². The van der Waals surface area contributed by atoms with Crippen molar-refractivity contribution in [1.29, 1.82) is 0 Å². The lowest BCUT2D eigenvalue weighted by molar-refractivity contribution is -0.144. The number of benzene rings is 1. The Morgan fingerprint density at radius 3 is 2.32 bits per heavy atom. The van der Waals surface area contributed by atoms with Crippen LogP contribution in [-0.2, 0) is 16.8 Å². The summed E-state index contributed by atoms with van der Waals surface area (Å²) < 4.78 is 0. The van der Waals surface area contributed by atoms with Crippen molar-refractivity contribution < 1.29 is 9.90 Å². The van der Waals surface area contributed by atoms with E-state index >= 15 is 0 Å². The molecule has 3 nitrogen and oxygen atoms in total. The molecule has 0 aromatic heterocycles. The lowest BCUT2D eigenvalue weighted by Crippen LogP contribution is -2.48. The fraction of sp³-hybridized carbons (Fsp3) is 0.562. The summed E-state index contributed by atoms with van der Waals surface area (Å²) in [5.74, 6) is -0.422. The van der Waals surface area contributed by atoms with Crippen LogP contribution in [0.4, 0.5) is 0 Å². The van der Waals surface area contributed by atoms with E-state index in [9.17, 15) is 9.90 Å². The first kappa shape index (κ1) is 15.7. The minimum Gasteiger partial charge on any atom is -0.480 e. The van der Waals surface area contributed by atoms with Crippen LogP contribution in [-0.4, -0.2) is 17.6 Å². The molecule has 0 spiro atoms. The molecular weight excluding hydrogens is 238 g/mol. The number of nitrogens with one attached hydrogen (secondary N) is 1. The van der Waals surface area contributed by atoms with Gasteiger partial charge in [-0.15, -0.1) is 0 Å². The molecule has 1 unspecified atom stereocenters. The molecule has 1 aromatic rings. The van der Waals surface area contributed by atoms with Gasteiger partial charge in [-0.3, -0.25) is 5.32 Å². The van der Waals surface area contributed by atoms with Gasteiger partial charge in [-0.05, 0) is 36.9 Å². The molecular formula is C16H25NO2. The van der Waals surface area contributed by atoms with Gasteiger partial charge in [-0.1, -0.05) is 51.5 Å². The average Bonchev–Trinajstić information content (AvgIpc) is 2.37. The van der Waals surface area contributed by atoms with Gasteiger partial charge in [0.2, 0.25) is 0 Å². The third-order valence-corrected chi connectivity index (χ3v) is 3.36. The van der Waals surface area contributed by atoms with E-state index in [1.807, 2.05) is 24.3 Å². The van der Waals surface area contributed by atoms with Crippen LogP contribution in [0.5, 0.6) is 0 Å². The molecule has 0 aliphatic heterocycles. The largest absolute Gasteiger partial charge is 0.480 e. The minimum atomic E-state index is -1.02. The standard InChI is InChI=1S/C16H25NO2/c1-5-6-13-7-9-14(10-8-13)16(4,15(18)19)17-11-12(2)3/h7-10,12,17H,5-6,11H2,1-4H3,(H,18,19). The molecule has 106 valence electrons. The van der Waals surface area contributed by atoms with E-state index in [0.29, 0.717) is 12.5 Å². The van der Waals surface area contributed by atoms with E-state index in [1.165, 1.54) is 5.56 Å². The Morgan fingerprint density at radius 1 is 1.32 bits per heavy atom. The van der Waals surface area contributed by atoms with Crippen molar-refractivity contribution in [3.63, 3.8) is 0 Å². The fourth-order valence-electron chi connectivity index (χ4n) is 2.00. The molecule has 2 N–H and O–H groups in total. The van der Waals surface area contributed by atoms with E-state index in [1.54, 1.807) is 6.92 Å². The van der Waals surface area contributed by atoms with Crippen LogP contribution in [0.3, 0.4) is 0 Å². The molecule has 0 saturated carbocycles. The van der Waals surface area contributed by atoms with Crippen LogP contribution in [0.1, 0.15) is 45.2 Å². The monoisotopic (exact) mass is 263 g/mol. The number of carboxylic acids is 1. The Bertz CT molecular complexity index is 411. The van der Waals surface area contributed by atoms with Crippen LogP contribution in [0.15, 0.2) is 24.3 Å². The predicted octanol–water partition coefficient (Wildman–Crippen LogP) is 3.18. The number of aliphatic carboxylic acids is 1. The van der Waals surface area contributed by atoms with Crippen LogP contribution in [0.25, 0.3) is 0 Å². The number of aryl methyl sites for hydroxylation is 1. The molecule has 0 aliphatic rings. The summed E-state index contributed by atoms with van der Waals surface area (Å²) in [5.41, 5.74) is 1.04. The SMILES string of the molecule is CCCc1ccc(C(C)(NCC(C)C)C(=O)O)cc1. The van der Waals surface area contributed by atoms with Crippen LogP contribution in [0.2, 0.25) is 0 Å². The first-order valence-corrected chi connectivity index (χ1v) is 6.98. The van der Waals surface area contributed by atoms with Crippen LogP contribution < -0.4 is 5.32 Å². The summed E-state index contributed by atoms with van der Waals surface area (Å²) in [6.45, 7) is 8.69. The lowest BCUT2D eigenvalue weighted by atomic mass is 9.90. The number of carbonyl (C=O) groups is 1. The number of hydrogen-bond acceptors (Lipinski definition) is 2. The normalized spacial score (nSPS) is 14.4. The summed E-state index contributed by atoms with van der Waals surface area (Å²) in [6, 6.07) is 7.90. The summed E-state index contributed by atoms with van der Waals surface area (Å²) >= 11 is 0. The maximum Gasteiger partial charge on any atom is 0.328 e. The molecule has 1 rings (SSSR count). The van der Waals surface area contributed by atoms with Gasteiger partial charge in [-0.2, -0.15) is 0 Å². The van der Waals surface area contributed by atoms with E-state index in [-0.39, 0.29) is 0 Å². The highest BCUT2D eigenvalue weighted by atomic mass is 16.4. The molecule has 1 aromatic carbocycles. The Balaban J connectivity index is 2.94. The van der Waals surface area contributed by atoms with Gasteiger partial charge in [0.05, 0.1) is 0 Å². The summed E-state index contributed by atoms with van der Waals surface area (Å²) in [6.07, 6.45) is 2.13. The van der Waals surface area contributed by atoms with Crippen molar-refractivity contribution in [2.24, 2.45) is 5.92 Å². The zero-order chi connectivity index (χ0) is 14.5. The van der Waals surface area contributed by atoms with Crippen molar-refractivity contribution in [2.75, 3.05) is 6.54 Å². The predicted molar refractivity (Wildman–Crippen MR) is 78.3 cm³/mol. The van der Waals surface area contributed by atoms with Crippen molar-refractivity contribution in [2.45, 2.75) is 46.1 Å². The van der Waals surface area contributed by atoms with Gasteiger partial charge in [0.1, 0.15) is 5.54 Å². The first-order chi connectivity index (χ1) is 8.90. The highest BCUT2D eigenvalue weighted by molar-refractivity contribution is 5.80. The van der Waals surface area contributed by atoms with Gasteiger partial charge < -0.3 is 5.11 Å². The summed E-state index contributed by atoms with van der Waals surface area (Å²) in [5, 5.41) is 12.7. The molecule has 0 amide bonds. The van der Waals surface area contributed by atoms with Crippen molar-refractivity contribution in [1.82, 2.24) is 5.32 Å². The van der Waals surface area contributed by atoms with Crippen LogP contribution >= 0.6 is 0 Å². The molecule has 1 atom stereocenters. The topological polar surface area (TPSA) is 49.3 Å². The fourth-order valence-corrected chi connectivity index (χ4v) is 2.00. The maximum absolute atomic E-state index is 11.6. The van der Waals surface area contributed by atoms with E-state index in [4.69, 9.17) is 0 Å². The molecule has 3 heteroatoms. The van der Waals surface area contributed by atoms with Gasteiger partial charge >= 0.3 is 5.97 Å². The van der Waals surface area contributed by atoms with Gasteiger partial charge in [-0.25, -0.2) is 4.79 Å². The molecule has 0 bridgehead atoms. The Morgan fingerprint density at radius 2 is 1.89 bits per heavy atom. The van der Waals surface area contributed by atoms with Crippen molar-refractivity contribution in [3.05, 3.63) is 35.4 Å². The zero-order valence-corrected chi connectivity index (χ0v) is 12.4. The van der Waals surface area contributed by atoms with E-state index in [0.717, 1.165) is 18.4 Å². The minimum absolute atomic E-state index is 0.415. The second-order valence-electron chi connectivity index (χ2n) is 5.65. The molecule has 0 saturated heterocycles. The molecule has 0 radical (unpaired) electrons. The summed E-state index contributed by atoms with van der Waals surface area (Å²) in [4.78, 5) is 11.6. The molecule has 0 fully saturated rings. The Labute approximate surface area is 116 Å². The quantitative estimate of drug-likeness (QED) is 0.794. The first-order valence-electron chi connectivity index (χ1n) is 6.98. The third-order valence-electron chi connectivity index (χ3n) is 3.36. The number of hydrogen-bond donors (Lipinski definition) is 2. The second-order valence-corrected chi connectivity index (χ2v) is 5.65. The Kier molecular flexibility index (Phi) is 5.55. The molecule has 0 heterocycles. The smallest absolute Gasteiger partial charge is 0.328 e. The maximum atomic E-state index is 11.6. The van der Waals surface area contributed by atoms with E-state index < -0.39 is 11.5 Å². The lowest BCUT2D eigenvalue weighted by Gasteiger charge is -2.28. The Hall–Kier alpha value is -1.35. The third kappa shape index (κ3) is 4.06. The number of carboxylic acid groups (broad SMARTS) is 1. The average molecular weight is 263 g/mol. The molecule has 19 heavy (non-hydrogen) atoms.